The lowest BCUT2D eigenvalue weighted by Crippen LogP contribution is -2.13. The van der Waals surface area contributed by atoms with Gasteiger partial charge in [0.2, 0.25) is 6.79 Å². The minimum Gasteiger partial charge on any atom is -0.476 e. The Balaban J connectivity index is 1.86. The summed E-state index contributed by atoms with van der Waals surface area (Å²) in [5.41, 5.74) is 2.32. The van der Waals surface area contributed by atoms with Crippen LogP contribution < -0.4 is 9.47 Å². The van der Waals surface area contributed by atoms with Gasteiger partial charge in [0, 0.05) is 18.1 Å². The predicted molar refractivity (Wildman–Crippen MR) is 70.0 cm³/mol. The number of rotatable bonds is 2. The number of carboxylic acids is 1. The molecule has 7 heteroatoms. The Morgan fingerprint density at radius 1 is 1.29 bits per heavy atom. The molecule has 2 aromatic rings. The fraction of sp³-hybridized carbons (Fsp3) is 0.286. The largest absolute Gasteiger partial charge is 0.476 e. The number of fused-ring (bicyclic) bond motifs is 2. The number of carbonyl (C=O) groups is 1. The van der Waals surface area contributed by atoms with Crippen molar-refractivity contribution in [1.29, 1.82) is 0 Å². The van der Waals surface area contributed by atoms with Crippen molar-refractivity contribution in [2.75, 3.05) is 13.4 Å². The van der Waals surface area contributed by atoms with Gasteiger partial charge < -0.3 is 19.3 Å². The van der Waals surface area contributed by atoms with Crippen LogP contribution in [-0.2, 0) is 17.8 Å². The number of benzene rings is 1. The van der Waals surface area contributed by atoms with Crippen molar-refractivity contribution >= 4 is 5.97 Å². The molecule has 4 rings (SSSR count). The molecule has 21 heavy (non-hydrogen) atoms. The SMILES string of the molecule is O=C(O)c1nn(-c2ccc3c(c2)OCO3)c2c1COCC2. The highest BCUT2D eigenvalue weighted by atomic mass is 16.7. The molecule has 0 amide bonds. The third kappa shape index (κ3) is 1.85. The quantitative estimate of drug-likeness (QED) is 0.898. The lowest BCUT2D eigenvalue weighted by atomic mass is 10.1. The molecule has 0 atom stereocenters. The summed E-state index contributed by atoms with van der Waals surface area (Å²) in [7, 11) is 0. The lowest BCUT2D eigenvalue weighted by Gasteiger charge is -2.14. The van der Waals surface area contributed by atoms with Crippen molar-refractivity contribution in [1.82, 2.24) is 9.78 Å². The Kier molecular flexibility index (Phi) is 2.61. The Morgan fingerprint density at radius 2 is 2.14 bits per heavy atom. The van der Waals surface area contributed by atoms with Crippen molar-refractivity contribution in [3.8, 4) is 17.2 Å². The van der Waals surface area contributed by atoms with Crippen molar-refractivity contribution in [2.45, 2.75) is 13.0 Å². The van der Waals surface area contributed by atoms with Crippen molar-refractivity contribution < 1.29 is 24.1 Å². The summed E-state index contributed by atoms with van der Waals surface area (Å²) in [6, 6.07) is 5.43. The molecule has 1 aromatic heterocycles. The number of aromatic carboxylic acids is 1. The highest BCUT2D eigenvalue weighted by Crippen LogP contribution is 2.34. The number of hydrogen-bond donors (Lipinski definition) is 1. The molecule has 0 unspecified atom stereocenters. The summed E-state index contributed by atoms with van der Waals surface area (Å²) in [5.74, 6) is 0.276. The molecule has 0 spiro atoms. The molecule has 2 aliphatic heterocycles. The van der Waals surface area contributed by atoms with Gasteiger partial charge in [-0.1, -0.05) is 0 Å². The highest BCUT2D eigenvalue weighted by molar-refractivity contribution is 5.87. The lowest BCUT2D eigenvalue weighted by molar-refractivity contribution is 0.0677. The van der Waals surface area contributed by atoms with Crippen molar-refractivity contribution in [3.63, 3.8) is 0 Å². The van der Waals surface area contributed by atoms with Crippen LogP contribution in [0, 0.1) is 0 Å². The van der Waals surface area contributed by atoms with E-state index in [2.05, 4.69) is 5.10 Å². The van der Waals surface area contributed by atoms with Gasteiger partial charge in [-0.15, -0.1) is 0 Å². The highest BCUT2D eigenvalue weighted by Gasteiger charge is 2.26. The van der Waals surface area contributed by atoms with Crippen LogP contribution in [0.1, 0.15) is 21.7 Å². The van der Waals surface area contributed by atoms with E-state index in [9.17, 15) is 9.90 Å². The van der Waals surface area contributed by atoms with E-state index in [-0.39, 0.29) is 19.1 Å². The standard InChI is InChI=1S/C14H12N2O5/c17-14(18)13-9-6-19-4-3-10(9)16(15-13)8-1-2-11-12(5-8)21-7-20-11/h1-2,5H,3-4,6-7H2,(H,17,18). The third-order valence-corrected chi connectivity index (χ3v) is 3.62. The zero-order valence-electron chi connectivity index (χ0n) is 11.0. The Hall–Kier alpha value is -2.54. The van der Waals surface area contributed by atoms with Crippen LogP contribution in [-0.4, -0.2) is 34.3 Å². The van der Waals surface area contributed by atoms with E-state index in [0.717, 1.165) is 11.4 Å². The van der Waals surface area contributed by atoms with E-state index in [1.165, 1.54) is 0 Å². The molecule has 1 aromatic carbocycles. The molecule has 0 saturated carbocycles. The number of hydrogen-bond acceptors (Lipinski definition) is 5. The minimum atomic E-state index is -1.05. The van der Waals surface area contributed by atoms with E-state index < -0.39 is 5.97 Å². The first kappa shape index (κ1) is 12.2. The smallest absolute Gasteiger partial charge is 0.356 e. The van der Waals surface area contributed by atoms with E-state index in [1.54, 1.807) is 16.8 Å². The maximum Gasteiger partial charge on any atom is 0.356 e. The van der Waals surface area contributed by atoms with Gasteiger partial charge in [-0.25, -0.2) is 9.48 Å². The normalized spacial score (nSPS) is 15.8. The molecule has 3 heterocycles. The maximum absolute atomic E-state index is 11.3. The molecule has 7 nitrogen and oxygen atoms in total. The topological polar surface area (TPSA) is 82.8 Å². The summed E-state index contributed by atoms with van der Waals surface area (Å²) in [6.07, 6.45) is 0.629. The summed E-state index contributed by atoms with van der Waals surface area (Å²) >= 11 is 0. The van der Waals surface area contributed by atoms with Gasteiger partial charge in [0.15, 0.2) is 17.2 Å². The van der Waals surface area contributed by atoms with Crippen molar-refractivity contribution in [3.05, 3.63) is 35.2 Å². The second-order valence-electron chi connectivity index (χ2n) is 4.83. The average molecular weight is 288 g/mol. The second kappa shape index (κ2) is 4.49. The first-order valence-corrected chi connectivity index (χ1v) is 6.56. The van der Waals surface area contributed by atoms with E-state index in [1.807, 2.05) is 6.07 Å². The van der Waals surface area contributed by atoms with Gasteiger partial charge in [0.25, 0.3) is 0 Å². The Morgan fingerprint density at radius 3 is 3.00 bits per heavy atom. The summed E-state index contributed by atoms with van der Waals surface area (Å²) in [5, 5.41) is 13.5. The van der Waals surface area contributed by atoms with Gasteiger partial charge in [-0.05, 0) is 12.1 Å². The molecule has 0 bridgehead atoms. The molecule has 1 N–H and O–H groups in total. The fourth-order valence-corrected chi connectivity index (χ4v) is 2.64. The van der Waals surface area contributed by atoms with E-state index in [4.69, 9.17) is 14.2 Å². The van der Waals surface area contributed by atoms with Crippen LogP contribution >= 0.6 is 0 Å². The monoisotopic (exact) mass is 288 g/mol. The van der Waals surface area contributed by atoms with Crippen LogP contribution in [0.4, 0.5) is 0 Å². The summed E-state index contributed by atoms with van der Waals surface area (Å²) in [4.78, 5) is 11.3. The summed E-state index contributed by atoms with van der Waals surface area (Å²) < 4.78 is 17.6. The third-order valence-electron chi connectivity index (χ3n) is 3.62. The van der Waals surface area contributed by atoms with Crippen LogP contribution in [0.3, 0.4) is 0 Å². The Labute approximate surface area is 119 Å². The zero-order chi connectivity index (χ0) is 14.4. The molecule has 0 radical (unpaired) electrons. The number of nitrogens with zero attached hydrogens (tertiary/aromatic N) is 2. The number of ether oxygens (including phenoxy) is 3. The van der Waals surface area contributed by atoms with Gasteiger partial charge >= 0.3 is 5.97 Å². The Bertz CT molecular complexity index is 737. The van der Waals surface area contributed by atoms with Gasteiger partial charge in [0.1, 0.15) is 0 Å². The number of aromatic nitrogens is 2. The van der Waals surface area contributed by atoms with Crippen LogP contribution in [0.15, 0.2) is 18.2 Å². The van der Waals surface area contributed by atoms with Crippen LogP contribution in [0.5, 0.6) is 11.5 Å². The molecule has 2 aliphatic rings. The van der Waals surface area contributed by atoms with Crippen LogP contribution in [0.25, 0.3) is 5.69 Å². The van der Waals surface area contributed by atoms with Gasteiger partial charge in [-0.2, -0.15) is 5.10 Å². The average Bonchev–Trinajstić information content (AvgIpc) is 3.10. The predicted octanol–water partition coefficient (Wildman–Crippen LogP) is 1.37. The first-order chi connectivity index (χ1) is 10.2. The maximum atomic E-state index is 11.3. The molecule has 0 aliphatic carbocycles. The molecule has 0 fully saturated rings. The fourth-order valence-electron chi connectivity index (χ4n) is 2.64. The van der Waals surface area contributed by atoms with Crippen LogP contribution in [0.2, 0.25) is 0 Å². The van der Waals surface area contributed by atoms with E-state index >= 15 is 0 Å². The van der Waals surface area contributed by atoms with Crippen molar-refractivity contribution in [2.24, 2.45) is 0 Å². The first-order valence-electron chi connectivity index (χ1n) is 6.56. The van der Waals surface area contributed by atoms with Gasteiger partial charge in [-0.3, -0.25) is 0 Å². The second-order valence-corrected chi connectivity index (χ2v) is 4.83. The zero-order valence-corrected chi connectivity index (χ0v) is 11.0. The molecule has 0 saturated heterocycles. The minimum absolute atomic E-state index is 0.0439. The number of carboxylic acid groups (broad SMARTS) is 1. The summed E-state index contributed by atoms with van der Waals surface area (Å²) in [6.45, 7) is 1.04. The molecular formula is C14H12N2O5. The van der Waals surface area contributed by atoms with E-state index in [0.29, 0.717) is 30.1 Å². The van der Waals surface area contributed by atoms with Gasteiger partial charge in [0.05, 0.1) is 24.6 Å². The molecule has 108 valence electrons. The molecular weight excluding hydrogens is 276 g/mol.